The summed E-state index contributed by atoms with van der Waals surface area (Å²) in [6.07, 6.45) is 6.83. The van der Waals surface area contributed by atoms with Crippen LogP contribution >= 0.6 is 0 Å². The SMILES string of the molecule is C#CCOc1cn(C)nc1C. The van der Waals surface area contributed by atoms with Gasteiger partial charge in [0.1, 0.15) is 12.3 Å². The highest BCUT2D eigenvalue weighted by Gasteiger charge is 2.01. The monoisotopic (exact) mass is 150 g/mol. The summed E-state index contributed by atoms with van der Waals surface area (Å²) >= 11 is 0. The lowest BCUT2D eigenvalue weighted by Crippen LogP contribution is -1.93. The minimum atomic E-state index is 0.298. The minimum absolute atomic E-state index is 0.298. The van der Waals surface area contributed by atoms with Crippen LogP contribution in [0, 0.1) is 19.3 Å². The highest BCUT2D eigenvalue weighted by molar-refractivity contribution is 5.23. The third kappa shape index (κ3) is 1.74. The van der Waals surface area contributed by atoms with Crippen molar-refractivity contribution in [1.29, 1.82) is 0 Å². The topological polar surface area (TPSA) is 27.1 Å². The third-order valence-electron chi connectivity index (χ3n) is 1.28. The fraction of sp³-hybridized carbons (Fsp3) is 0.375. The molecule has 1 rings (SSSR count). The molecule has 0 spiro atoms. The van der Waals surface area contributed by atoms with Gasteiger partial charge in [-0.05, 0) is 6.92 Å². The summed E-state index contributed by atoms with van der Waals surface area (Å²) in [6.45, 7) is 2.18. The van der Waals surface area contributed by atoms with Crippen LogP contribution in [-0.2, 0) is 7.05 Å². The van der Waals surface area contributed by atoms with Gasteiger partial charge < -0.3 is 4.74 Å². The summed E-state index contributed by atoms with van der Waals surface area (Å²) < 4.78 is 6.88. The smallest absolute Gasteiger partial charge is 0.161 e. The molecule has 0 N–H and O–H groups in total. The fourth-order valence-electron chi connectivity index (χ4n) is 0.839. The van der Waals surface area contributed by atoms with Crippen LogP contribution in [0.3, 0.4) is 0 Å². The van der Waals surface area contributed by atoms with Crippen LogP contribution in [0.4, 0.5) is 0 Å². The van der Waals surface area contributed by atoms with Crippen molar-refractivity contribution in [1.82, 2.24) is 9.78 Å². The Morgan fingerprint density at radius 3 is 3.00 bits per heavy atom. The molecule has 3 nitrogen and oxygen atoms in total. The van der Waals surface area contributed by atoms with E-state index in [4.69, 9.17) is 11.2 Å². The molecular weight excluding hydrogens is 140 g/mol. The van der Waals surface area contributed by atoms with Crippen molar-refractivity contribution in [3.8, 4) is 18.1 Å². The largest absolute Gasteiger partial charge is 0.477 e. The van der Waals surface area contributed by atoms with Gasteiger partial charge in [0.25, 0.3) is 0 Å². The Balaban J connectivity index is 2.71. The highest BCUT2D eigenvalue weighted by atomic mass is 16.5. The third-order valence-corrected chi connectivity index (χ3v) is 1.28. The van der Waals surface area contributed by atoms with Gasteiger partial charge in [-0.1, -0.05) is 5.92 Å². The summed E-state index contributed by atoms with van der Waals surface area (Å²) in [6, 6.07) is 0. The number of ether oxygens (including phenoxy) is 1. The molecule has 1 heterocycles. The average Bonchev–Trinajstić information content (AvgIpc) is 2.26. The Hall–Kier alpha value is -1.43. The van der Waals surface area contributed by atoms with Crippen molar-refractivity contribution in [2.45, 2.75) is 6.92 Å². The normalized spacial score (nSPS) is 9.18. The quantitative estimate of drug-likeness (QED) is 0.581. The zero-order valence-corrected chi connectivity index (χ0v) is 6.66. The number of aromatic nitrogens is 2. The number of rotatable bonds is 2. The van der Waals surface area contributed by atoms with Crippen LogP contribution in [0.25, 0.3) is 0 Å². The van der Waals surface area contributed by atoms with Gasteiger partial charge in [0.15, 0.2) is 5.75 Å². The van der Waals surface area contributed by atoms with Gasteiger partial charge in [-0.2, -0.15) is 5.10 Å². The molecule has 0 saturated carbocycles. The Morgan fingerprint density at radius 1 is 1.82 bits per heavy atom. The Bertz CT molecular complexity index is 283. The lowest BCUT2D eigenvalue weighted by atomic mass is 10.4. The van der Waals surface area contributed by atoms with Gasteiger partial charge >= 0.3 is 0 Å². The van der Waals surface area contributed by atoms with Crippen LogP contribution in [0.15, 0.2) is 6.20 Å². The van der Waals surface area contributed by atoms with Crippen molar-refractivity contribution >= 4 is 0 Å². The van der Waals surface area contributed by atoms with E-state index in [2.05, 4.69) is 11.0 Å². The molecule has 58 valence electrons. The predicted molar refractivity (Wildman–Crippen MR) is 42.3 cm³/mol. The summed E-state index contributed by atoms with van der Waals surface area (Å²) in [5.41, 5.74) is 0.864. The van der Waals surface area contributed by atoms with Gasteiger partial charge in [-0.25, -0.2) is 0 Å². The van der Waals surface area contributed by atoms with Gasteiger partial charge in [0, 0.05) is 7.05 Å². The number of hydrogen-bond acceptors (Lipinski definition) is 2. The molecule has 0 unspecified atom stereocenters. The Morgan fingerprint density at radius 2 is 2.55 bits per heavy atom. The zero-order chi connectivity index (χ0) is 8.27. The van der Waals surface area contributed by atoms with Gasteiger partial charge in [-0.15, -0.1) is 6.42 Å². The van der Waals surface area contributed by atoms with Crippen LogP contribution in [0.2, 0.25) is 0 Å². The molecule has 0 aromatic carbocycles. The molecule has 0 amide bonds. The molecule has 0 saturated heterocycles. The maximum Gasteiger partial charge on any atom is 0.161 e. The van der Waals surface area contributed by atoms with Crippen molar-refractivity contribution in [3.63, 3.8) is 0 Å². The van der Waals surface area contributed by atoms with E-state index in [0.29, 0.717) is 6.61 Å². The molecule has 0 aliphatic heterocycles. The van der Waals surface area contributed by atoms with E-state index in [9.17, 15) is 0 Å². The van der Waals surface area contributed by atoms with E-state index in [1.165, 1.54) is 0 Å². The molecule has 0 aliphatic carbocycles. The number of terminal acetylenes is 1. The van der Waals surface area contributed by atoms with Crippen molar-refractivity contribution in [2.75, 3.05) is 6.61 Å². The Labute approximate surface area is 66.0 Å². The second-order valence-electron chi connectivity index (χ2n) is 2.25. The van der Waals surface area contributed by atoms with Crippen LogP contribution in [0.5, 0.6) is 5.75 Å². The van der Waals surface area contributed by atoms with E-state index in [0.717, 1.165) is 11.4 Å². The number of nitrogens with zero attached hydrogens (tertiary/aromatic N) is 2. The zero-order valence-electron chi connectivity index (χ0n) is 6.66. The van der Waals surface area contributed by atoms with Gasteiger partial charge in [0.05, 0.1) is 6.20 Å². The molecule has 1 aromatic rings. The molecule has 0 aliphatic rings. The molecule has 3 heteroatoms. The van der Waals surface area contributed by atoms with Crippen molar-refractivity contribution < 1.29 is 4.74 Å². The first-order valence-electron chi connectivity index (χ1n) is 3.30. The molecule has 0 fully saturated rings. The summed E-state index contributed by atoms with van der Waals surface area (Å²) in [4.78, 5) is 0. The lowest BCUT2D eigenvalue weighted by Gasteiger charge is -1.96. The van der Waals surface area contributed by atoms with E-state index in [1.807, 2.05) is 14.0 Å². The molecular formula is C8H10N2O. The van der Waals surface area contributed by atoms with Crippen molar-refractivity contribution in [2.24, 2.45) is 7.05 Å². The standard InChI is InChI=1S/C8H10N2O/c1-4-5-11-8-6-10(3)9-7(8)2/h1,6H,5H2,2-3H3. The van der Waals surface area contributed by atoms with Gasteiger partial charge in [0.2, 0.25) is 0 Å². The van der Waals surface area contributed by atoms with Gasteiger partial charge in [-0.3, -0.25) is 4.68 Å². The second-order valence-corrected chi connectivity index (χ2v) is 2.25. The van der Waals surface area contributed by atoms with E-state index >= 15 is 0 Å². The van der Waals surface area contributed by atoms with Crippen LogP contribution in [0.1, 0.15) is 5.69 Å². The minimum Gasteiger partial charge on any atom is -0.477 e. The average molecular weight is 150 g/mol. The van der Waals surface area contributed by atoms with Crippen molar-refractivity contribution in [3.05, 3.63) is 11.9 Å². The Kier molecular flexibility index (Phi) is 2.17. The fourth-order valence-corrected chi connectivity index (χ4v) is 0.839. The first kappa shape index (κ1) is 7.67. The molecule has 1 aromatic heterocycles. The summed E-state index contributed by atoms with van der Waals surface area (Å²) in [5.74, 6) is 3.15. The van der Waals surface area contributed by atoms with E-state index in [1.54, 1.807) is 10.9 Å². The maximum atomic E-state index is 5.19. The molecule has 0 radical (unpaired) electrons. The van der Waals surface area contributed by atoms with Crippen LogP contribution < -0.4 is 4.74 Å². The molecule has 0 bridgehead atoms. The molecule has 0 atom stereocenters. The molecule has 11 heavy (non-hydrogen) atoms. The number of aryl methyl sites for hydroxylation is 2. The first-order valence-corrected chi connectivity index (χ1v) is 3.30. The first-order chi connectivity index (χ1) is 5.24. The predicted octanol–water partition coefficient (Wildman–Crippen LogP) is 0.741. The number of hydrogen-bond donors (Lipinski definition) is 0. The second kappa shape index (κ2) is 3.11. The summed E-state index contributed by atoms with van der Waals surface area (Å²) in [7, 11) is 1.84. The summed E-state index contributed by atoms with van der Waals surface area (Å²) in [5, 5.41) is 4.09. The highest BCUT2D eigenvalue weighted by Crippen LogP contribution is 2.13. The van der Waals surface area contributed by atoms with Crippen LogP contribution in [-0.4, -0.2) is 16.4 Å². The maximum absolute atomic E-state index is 5.19. The van der Waals surface area contributed by atoms with E-state index in [-0.39, 0.29) is 0 Å². The lowest BCUT2D eigenvalue weighted by molar-refractivity contribution is 0.367. The van der Waals surface area contributed by atoms with E-state index < -0.39 is 0 Å².